The van der Waals surface area contributed by atoms with Gasteiger partial charge in [0.25, 0.3) is 0 Å². The third kappa shape index (κ3) is 5.05. The summed E-state index contributed by atoms with van der Waals surface area (Å²) in [6.45, 7) is 10.2. The molecule has 0 radical (unpaired) electrons. The van der Waals surface area contributed by atoms with Crippen molar-refractivity contribution in [2.75, 3.05) is 32.8 Å². The van der Waals surface area contributed by atoms with E-state index < -0.39 is 0 Å². The summed E-state index contributed by atoms with van der Waals surface area (Å²) < 4.78 is 5.62. The topological polar surface area (TPSA) is 24.5 Å². The molecule has 112 valence electrons. The highest BCUT2D eigenvalue weighted by Gasteiger charge is 2.35. The number of hydrogen-bond donors (Lipinski definition) is 1. The fourth-order valence-corrected chi connectivity index (χ4v) is 3.55. The van der Waals surface area contributed by atoms with Gasteiger partial charge in [-0.2, -0.15) is 0 Å². The summed E-state index contributed by atoms with van der Waals surface area (Å²) in [6.07, 6.45) is 9.79. The molecule has 0 bridgehead atoms. The third-order valence-corrected chi connectivity index (χ3v) is 4.56. The van der Waals surface area contributed by atoms with Gasteiger partial charge in [-0.25, -0.2) is 0 Å². The average molecular weight is 268 g/mol. The van der Waals surface area contributed by atoms with Crippen LogP contribution in [-0.4, -0.2) is 49.3 Å². The summed E-state index contributed by atoms with van der Waals surface area (Å²) in [5, 5.41) is 3.84. The second kappa shape index (κ2) is 7.61. The maximum Gasteiger partial charge on any atom is 0.0518 e. The highest BCUT2D eigenvalue weighted by molar-refractivity contribution is 4.96. The zero-order valence-corrected chi connectivity index (χ0v) is 12.9. The fourth-order valence-electron chi connectivity index (χ4n) is 3.55. The molecule has 0 unspecified atom stereocenters. The van der Waals surface area contributed by atoms with Crippen molar-refractivity contribution in [3.63, 3.8) is 0 Å². The van der Waals surface area contributed by atoms with E-state index in [9.17, 15) is 0 Å². The van der Waals surface area contributed by atoms with Gasteiger partial charge in [-0.05, 0) is 65.6 Å². The van der Waals surface area contributed by atoms with E-state index in [4.69, 9.17) is 4.74 Å². The van der Waals surface area contributed by atoms with Crippen LogP contribution in [0.2, 0.25) is 0 Å². The molecule has 3 nitrogen and oxygen atoms in total. The first-order valence-corrected chi connectivity index (χ1v) is 8.29. The van der Waals surface area contributed by atoms with Crippen molar-refractivity contribution in [3.8, 4) is 0 Å². The van der Waals surface area contributed by atoms with Crippen molar-refractivity contribution < 1.29 is 4.74 Å². The first kappa shape index (κ1) is 15.3. The first-order chi connectivity index (χ1) is 9.20. The van der Waals surface area contributed by atoms with E-state index in [1.54, 1.807) is 0 Å². The number of ether oxygens (including phenoxy) is 1. The molecule has 2 fully saturated rings. The van der Waals surface area contributed by atoms with Crippen molar-refractivity contribution in [3.05, 3.63) is 0 Å². The average Bonchev–Trinajstić information content (AvgIpc) is 2.71. The molecule has 0 aromatic carbocycles. The summed E-state index contributed by atoms with van der Waals surface area (Å²) in [6, 6.07) is 0. The Labute approximate surface area is 119 Å². The van der Waals surface area contributed by atoms with Crippen molar-refractivity contribution in [1.82, 2.24) is 10.2 Å². The Morgan fingerprint density at radius 1 is 1.16 bits per heavy atom. The standard InChI is InChI=1S/C16H32N2O/c1-15(2)19-13-6-5-11-18-12-7-10-17-16(14-18)8-3-4-9-16/h15,17H,3-14H2,1-2H3. The second-order valence-corrected chi connectivity index (χ2v) is 6.67. The van der Waals surface area contributed by atoms with Crippen molar-refractivity contribution in [2.45, 2.75) is 70.4 Å². The van der Waals surface area contributed by atoms with E-state index in [2.05, 4.69) is 24.1 Å². The van der Waals surface area contributed by atoms with Crippen LogP contribution in [0.4, 0.5) is 0 Å². The van der Waals surface area contributed by atoms with Crippen LogP contribution in [0.1, 0.15) is 58.8 Å². The molecule has 1 spiro atoms. The SMILES string of the molecule is CC(C)OCCCCN1CCCNC2(CCCC2)C1. The molecule has 1 N–H and O–H groups in total. The molecular formula is C16H32N2O. The van der Waals surface area contributed by atoms with Gasteiger partial charge in [0.15, 0.2) is 0 Å². The van der Waals surface area contributed by atoms with Crippen LogP contribution < -0.4 is 5.32 Å². The molecule has 2 rings (SSSR count). The minimum absolute atomic E-state index is 0.379. The van der Waals surface area contributed by atoms with E-state index in [-0.39, 0.29) is 0 Å². The Hall–Kier alpha value is -0.120. The lowest BCUT2D eigenvalue weighted by Gasteiger charge is -2.33. The summed E-state index contributed by atoms with van der Waals surface area (Å²) in [4.78, 5) is 2.70. The minimum atomic E-state index is 0.379. The Kier molecular flexibility index (Phi) is 6.11. The monoisotopic (exact) mass is 268 g/mol. The molecule has 0 atom stereocenters. The van der Waals surface area contributed by atoms with Crippen LogP contribution in [0.5, 0.6) is 0 Å². The summed E-state index contributed by atoms with van der Waals surface area (Å²) >= 11 is 0. The van der Waals surface area contributed by atoms with Crippen molar-refractivity contribution in [1.29, 1.82) is 0 Å². The molecule has 1 heterocycles. The van der Waals surface area contributed by atoms with E-state index >= 15 is 0 Å². The van der Waals surface area contributed by atoms with Gasteiger partial charge in [0.2, 0.25) is 0 Å². The van der Waals surface area contributed by atoms with Gasteiger partial charge in [-0.15, -0.1) is 0 Å². The lowest BCUT2D eigenvalue weighted by atomic mass is 9.97. The number of nitrogens with zero attached hydrogens (tertiary/aromatic N) is 1. The quantitative estimate of drug-likeness (QED) is 0.750. The van der Waals surface area contributed by atoms with E-state index in [0.717, 1.165) is 6.61 Å². The fraction of sp³-hybridized carbons (Fsp3) is 1.00. The molecular weight excluding hydrogens is 236 g/mol. The van der Waals surface area contributed by atoms with Crippen molar-refractivity contribution in [2.24, 2.45) is 0 Å². The third-order valence-electron chi connectivity index (χ3n) is 4.56. The maximum atomic E-state index is 5.62. The first-order valence-electron chi connectivity index (χ1n) is 8.29. The zero-order valence-electron chi connectivity index (χ0n) is 12.9. The molecule has 3 heteroatoms. The van der Waals surface area contributed by atoms with E-state index in [0.29, 0.717) is 11.6 Å². The second-order valence-electron chi connectivity index (χ2n) is 6.67. The molecule has 1 aliphatic heterocycles. The van der Waals surface area contributed by atoms with Crippen LogP contribution >= 0.6 is 0 Å². The molecule has 1 saturated carbocycles. The maximum absolute atomic E-state index is 5.62. The normalized spacial score (nSPS) is 24.2. The van der Waals surface area contributed by atoms with Gasteiger partial charge < -0.3 is 15.0 Å². The van der Waals surface area contributed by atoms with E-state index in [1.807, 2.05) is 0 Å². The van der Waals surface area contributed by atoms with Gasteiger partial charge in [0.05, 0.1) is 6.10 Å². The molecule has 0 aromatic rings. The number of rotatable bonds is 6. The summed E-state index contributed by atoms with van der Waals surface area (Å²) in [5.74, 6) is 0. The predicted molar refractivity (Wildman–Crippen MR) is 80.6 cm³/mol. The highest BCUT2D eigenvalue weighted by atomic mass is 16.5. The van der Waals surface area contributed by atoms with E-state index in [1.165, 1.54) is 71.1 Å². The largest absolute Gasteiger partial charge is 0.379 e. The lowest BCUT2D eigenvalue weighted by molar-refractivity contribution is 0.0737. The Balaban J connectivity index is 1.67. The Morgan fingerprint density at radius 2 is 1.95 bits per heavy atom. The zero-order chi connectivity index (χ0) is 13.6. The van der Waals surface area contributed by atoms with Crippen LogP contribution in [0.3, 0.4) is 0 Å². The van der Waals surface area contributed by atoms with Crippen LogP contribution in [0.25, 0.3) is 0 Å². The highest BCUT2D eigenvalue weighted by Crippen LogP contribution is 2.31. The number of unbranched alkanes of at least 4 members (excludes halogenated alkanes) is 1. The molecule has 0 aromatic heterocycles. The Morgan fingerprint density at radius 3 is 2.68 bits per heavy atom. The molecule has 1 saturated heterocycles. The Bertz CT molecular complexity index is 249. The molecule has 0 amide bonds. The minimum Gasteiger partial charge on any atom is -0.379 e. The van der Waals surface area contributed by atoms with Gasteiger partial charge >= 0.3 is 0 Å². The molecule has 2 aliphatic rings. The van der Waals surface area contributed by atoms with Gasteiger partial charge in [-0.1, -0.05) is 12.8 Å². The molecule has 19 heavy (non-hydrogen) atoms. The van der Waals surface area contributed by atoms with Gasteiger partial charge in [-0.3, -0.25) is 0 Å². The van der Waals surface area contributed by atoms with Crippen LogP contribution in [-0.2, 0) is 4.74 Å². The van der Waals surface area contributed by atoms with Gasteiger partial charge in [0, 0.05) is 18.7 Å². The van der Waals surface area contributed by atoms with Crippen molar-refractivity contribution >= 4 is 0 Å². The number of hydrogen-bond acceptors (Lipinski definition) is 3. The number of nitrogens with one attached hydrogen (secondary N) is 1. The molecule has 1 aliphatic carbocycles. The smallest absolute Gasteiger partial charge is 0.0518 e. The predicted octanol–water partition coefficient (Wildman–Crippen LogP) is 2.80. The summed E-state index contributed by atoms with van der Waals surface area (Å²) in [5.41, 5.74) is 0.463. The van der Waals surface area contributed by atoms with Crippen LogP contribution in [0, 0.1) is 0 Å². The lowest BCUT2D eigenvalue weighted by Crippen LogP contribution is -2.49. The van der Waals surface area contributed by atoms with Crippen LogP contribution in [0.15, 0.2) is 0 Å². The van der Waals surface area contributed by atoms with Gasteiger partial charge in [0.1, 0.15) is 0 Å². The summed E-state index contributed by atoms with van der Waals surface area (Å²) in [7, 11) is 0.